The number of aromatic nitrogens is 2. The molecule has 0 unspecified atom stereocenters. The van der Waals surface area contributed by atoms with E-state index in [1.54, 1.807) is 13.3 Å². The van der Waals surface area contributed by atoms with Crippen LogP contribution in [-0.4, -0.2) is 23.4 Å². The topological polar surface area (TPSA) is 30.3 Å². The summed E-state index contributed by atoms with van der Waals surface area (Å²) < 4.78 is 7.24. The smallest absolute Gasteiger partial charge is 0.119 e. The lowest BCUT2D eigenvalue weighted by Crippen LogP contribution is -2.28. The minimum Gasteiger partial charge on any atom is -0.497 e. The zero-order chi connectivity index (χ0) is 16.4. The van der Waals surface area contributed by atoms with Crippen LogP contribution in [0, 0.1) is 0 Å². The van der Waals surface area contributed by atoms with Gasteiger partial charge in [-0.3, -0.25) is 0 Å². The van der Waals surface area contributed by atoms with Crippen LogP contribution in [0.2, 0.25) is 0 Å². The SMILES string of the molecule is COc1ccc2c(c1)CCCN2Cc1ccc(-n2cccn2)cc1. The molecule has 4 rings (SSSR count). The van der Waals surface area contributed by atoms with Crippen molar-refractivity contribution in [3.8, 4) is 11.4 Å². The number of benzene rings is 2. The lowest BCUT2D eigenvalue weighted by Gasteiger charge is -2.31. The van der Waals surface area contributed by atoms with Crippen LogP contribution in [-0.2, 0) is 13.0 Å². The first-order chi connectivity index (χ1) is 11.8. The molecule has 0 saturated carbocycles. The van der Waals surface area contributed by atoms with Crippen molar-refractivity contribution in [1.29, 1.82) is 0 Å². The number of methoxy groups -OCH3 is 1. The van der Waals surface area contributed by atoms with Crippen molar-refractivity contribution in [2.75, 3.05) is 18.6 Å². The Hall–Kier alpha value is -2.75. The molecule has 0 amide bonds. The molecule has 0 saturated heterocycles. The van der Waals surface area contributed by atoms with Crippen LogP contribution >= 0.6 is 0 Å². The van der Waals surface area contributed by atoms with E-state index in [1.165, 1.54) is 23.2 Å². The van der Waals surface area contributed by atoms with Gasteiger partial charge in [0.1, 0.15) is 5.75 Å². The van der Waals surface area contributed by atoms with Crippen LogP contribution in [0.25, 0.3) is 5.69 Å². The Kier molecular flexibility index (Phi) is 3.95. The Balaban J connectivity index is 1.54. The lowest BCUT2D eigenvalue weighted by atomic mass is 10.0. The second-order valence-electron chi connectivity index (χ2n) is 6.14. The van der Waals surface area contributed by atoms with Gasteiger partial charge >= 0.3 is 0 Å². The van der Waals surface area contributed by atoms with Crippen LogP contribution in [0.3, 0.4) is 0 Å². The molecule has 1 aromatic heterocycles. The predicted octanol–water partition coefficient (Wildman–Crippen LogP) is 3.83. The first-order valence-electron chi connectivity index (χ1n) is 8.34. The Labute approximate surface area is 142 Å². The van der Waals surface area contributed by atoms with Gasteiger partial charge in [0.2, 0.25) is 0 Å². The van der Waals surface area contributed by atoms with Crippen molar-refractivity contribution in [2.45, 2.75) is 19.4 Å². The number of fused-ring (bicyclic) bond motifs is 1. The fourth-order valence-electron chi connectivity index (χ4n) is 3.34. The van der Waals surface area contributed by atoms with Gasteiger partial charge in [0.15, 0.2) is 0 Å². The van der Waals surface area contributed by atoms with E-state index >= 15 is 0 Å². The summed E-state index contributed by atoms with van der Waals surface area (Å²) in [7, 11) is 1.73. The third-order valence-corrected chi connectivity index (χ3v) is 4.58. The first-order valence-corrected chi connectivity index (χ1v) is 8.34. The van der Waals surface area contributed by atoms with Crippen LogP contribution < -0.4 is 9.64 Å². The average molecular weight is 319 g/mol. The van der Waals surface area contributed by atoms with Gasteiger partial charge in [-0.05, 0) is 60.4 Å². The van der Waals surface area contributed by atoms with Crippen molar-refractivity contribution in [2.24, 2.45) is 0 Å². The number of nitrogens with zero attached hydrogens (tertiary/aromatic N) is 3. The zero-order valence-electron chi connectivity index (χ0n) is 13.9. The molecule has 4 nitrogen and oxygen atoms in total. The second kappa shape index (κ2) is 6.40. The zero-order valence-corrected chi connectivity index (χ0v) is 13.9. The lowest BCUT2D eigenvalue weighted by molar-refractivity contribution is 0.414. The maximum Gasteiger partial charge on any atom is 0.119 e. The Bertz CT molecular complexity index is 809. The molecule has 0 bridgehead atoms. The Morgan fingerprint density at radius 1 is 1.12 bits per heavy atom. The fraction of sp³-hybridized carbons (Fsp3) is 0.250. The number of hydrogen-bond acceptors (Lipinski definition) is 3. The highest BCUT2D eigenvalue weighted by atomic mass is 16.5. The van der Waals surface area contributed by atoms with E-state index in [4.69, 9.17) is 4.74 Å². The van der Waals surface area contributed by atoms with E-state index in [9.17, 15) is 0 Å². The molecule has 0 fully saturated rings. The second-order valence-corrected chi connectivity index (χ2v) is 6.14. The van der Waals surface area contributed by atoms with Gasteiger partial charge in [0, 0.05) is 31.2 Å². The molecule has 24 heavy (non-hydrogen) atoms. The van der Waals surface area contributed by atoms with Gasteiger partial charge in [0.25, 0.3) is 0 Å². The summed E-state index contributed by atoms with van der Waals surface area (Å²) in [5.41, 5.74) is 5.12. The normalized spacial score (nSPS) is 13.6. The third kappa shape index (κ3) is 2.87. The molecule has 2 heterocycles. The van der Waals surface area contributed by atoms with Gasteiger partial charge in [-0.1, -0.05) is 12.1 Å². The molecule has 1 aliphatic rings. The van der Waals surface area contributed by atoms with Crippen LogP contribution in [0.1, 0.15) is 17.5 Å². The van der Waals surface area contributed by atoms with Crippen molar-refractivity contribution >= 4 is 5.69 Å². The van der Waals surface area contributed by atoms with E-state index in [-0.39, 0.29) is 0 Å². The largest absolute Gasteiger partial charge is 0.497 e. The van der Waals surface area contributed by atoms with Crippen LogP contribution in [0.4, 0.5) is 5.69 Å². The van der Waals surface area contributed by atoms with Gasteiger partial charge in [-0.15, -0.1) is 0 Å². The molecule has 122 valence electrons. The van der Waals surface area contributed by atoms with Gasteiger partial charge in [-0.25, -0.2) is 4.68 Å². The molecule has 0 N–H and O–H groups in total. The molecule has 4 heteroatoms. The minimum atomic E-state index is 0.929. The molecule has 0 radical (unpaired) electrons. The monoisotopic (exact) mass is 319 g/mol. The molecular weight excluding hydrogens is 298 g/mol. The molecule has 0 aliphatic carbocycles. The highest BCUT2D eigenvalue weighted by Gasteiger charge is 2.17. The van der Waals surface area contributed by atoms with Gasteiger partial charge < -0.3 is 9.64 Å². The fourth-order valence-corrected chi connectivity index (χ4v) is 3.34. The average Bonchev–Trinajstić information content (AvgIpc) is 3.17. The predicted molar refractivity (Wildman–Crippen MR) is 95.9 cm³/mol. The highest BCUT2D eigenvalue weighted by Crippen LogP contribution is 2.31. The molecule has 3 aromatic rings. The Morgan fingerprint density at radius 3 is 2.75 bits per heavy atom. The summed E-state index contributed by atoms with van der Waals surface area (Å²) in [5.74, 6) is 0.944. The van der Waals surface area contributed by atoms with Crippen molar-refractivity contribution in [1.82, 2.24) is 9.78 Å². The third-order valence-electron chi connectivity index (χ3n) is 4.58. The van der Waals surface area contributed by atoms with Crippen molar-refractivity contribution < 1.29 is 4.74 Å². The quantitative estimate of drug-likeness (QED) is 0.732. The summed E-state index contributed by atoms with van der Waals surface area (Å²) in [4.78, 5) is 2.46. The van der Waals surface area contributed by atoms with E-state index in [1.807, 2.05) is 16.9 Å². The standard InChI is InChI=1S/C20H21N3O/c1-24-19-9-10-20-17(14-19)4-2-12-22(20)15-16-5-7-18(8-6-16)23-13-3-11-21-23/h3,5-11,13-14H,2,4,12,15H2,1H3. The minimum absolute atomic E-state index is 0.929. The Morgan fingerprint density at radius 2 is 2.00 bits per heavy atom. The summed E-state index contributed by atoms with van der Waals surface area (Å²) in [5, 5.41) is 4.27. The van der Waals surface area contributed by atoms with Crippen LogP contribution in [0.5, 0.6) is 5.75 Å². The molecule has 0 atom stereocenters. The summed E-state index contributed by atoms with van der Waals surface area (Å²) >= 11 is 0. The van der Waals surface area contributed by atoms with Crippen molar-refractivity contribution in [3.63, 3.8) is 0 Å². The number of ether oxygens (including phenoxy) is 1. The maximum absolute atomic E-state index is 5.36. The highest BCUT2D eigenvalue weighted by molar-refractivity contribution is 5.58. The number of hydrogen-bond donors (Lipinski definition) is 0. The van der Waals surface area contributed by atoms with E-state index in [0.29, 0.717) is 0 Å². The summed E-state index contributed by atoms with van der Waals surface area (Å²) in [6.45, 7) is 2.03. The molecule has 0 spiro atoms. The maximum atomic E-state index is 5.36. The van der Waals surface area contributed by atoms with E-state index in [2.05, 4.69) is 52.5 Å². The molecule has 1 aliphatic heterocycles. The summed E-state index contributed by atoms with van der Waals surface area (Å²) in [6.07, 6.45) is 6.07. The van der Waals surface area contributed by atoms with E-state index < -0.39 is 0 Å². The van der Waals surface area contributed by atoms with E-state index in [0.717, 1.165) is 30.9 Å². The first kappa shape index (κ1) is 14.8. The van der Waals surface area contributed by atoms with Crippen LogP contribution in [0.15, 0.2) is 60.9 Å². The van der Waals surface area contributed by atoms with Gasteiger partial charge in [-0.2, -0.15) is 5.10 Å². The summed E-state index contributed by atoms with van der Waals surface area (Å²) in [6, 6.07) is 17.0. The molecule has 2 aromatic carbocycles. The molecular formula is C20H21N3O. The van der Waals surface area contributed by atoms with Gasteiger partial charge in [0.05, 0.1) is 12.8 Å². The number of aryl methyl sites for hydroxylation is 1. The number of rotatable bonds is 4. The van der Waals surface area contributed by atoms with Crippen molar-refractivity contribution in [3.05, 3.63) is 72.1 Å². The number of anilines is 1.